The van der Waals surface area contributed by atoms with E-state index in [-0.39, 0.29) is 29.1 Å². The fourth-order valence-electron chi connectivity index (χ4n) is 4.22. The zero-order chi connectivity index (χ0) is 29.3. The third-order valence-electron chi connectivity index (χ3n) is 6.13. The molecule has 0 spiro atoms. The lowest BCUT2D eigenvalue weighted by atomic mass is 10.1. The number of nitrogens with zero attached hydrogens (tertiary/aromatic N) is 2. The van der Waals surface area contributed by atoms with Gasteiger partial charge in [0, 0.05) is 12.6 Å². The number of carbonyl (C=O) groups excluding carboxylic acids is 2. The second-order valence-electron chi connectivity index (χ2n) is 9.49. The number of carbonyl (C=O) groups is 2. The van der Waals surface area contributed by atoms with Gasteiger partial charge in [0.25, 0.3) is 10.0 Å². The summed E-state index contributed by atoms with van der Waals surface area (Å²) in [7, 11) is -4.29. The van der Waals surface area contributed by atoms with E-state index in [0.717, 1.165) is 34.1 Å². The Balaban J connectivity index is 2.05. The first-order valence-corrected chi connectivity index (χ1v) is 14.7. The maximum atomic E-state index is 14.0. The van der Waals surface area contributed by atoms with Crippen molar-refractivity contribution in [3.05, 3.63) is 90.2 Å². The topological polar surface area (TPSA) is 96.0 Å². The SMILES string of the molecule is CCOc1ccc(N(CC(=O)N(Cc2ccccc2)[C@H](CC)C(=O)NC(C)C)S(=O)(=O)c2ccc(F)cc2)cc1. The molecule has 3 aromatic carbocycles. The molecule has 0 bridgehead atoms. The number of benzene rings is 3. The average molecular weight is 570 g/mol. The molecule has 40 heavy (non-hydrogen) atoms. The molecule has 1 atom stereocenters. The quantitative estimate of drug-likeness (QED) is 0.321. The Kier molecular flexibility index (Phi) is 10.7. The summed E-state index contributed by atoms with van der Waals surface area (Å²) in [5, 5.41) is 2.87. The highest BCUT2D eigenvalue weighted by atomic mass is 32.2. The molecule has 214 valence electrons. The Morgan fingerprint density at radius 2 is 1.55 bits per heavy atom. The van der Waals surface area contributed by atoms with E-state index >= 15 is 0 Å². The molecule has 3 aromatic rings. The molecule has 1 N–H and O–H groups in total. The highest BCUT2D eigenvalue weighted by molar-refractivity contribution is 7.92. The van der Waals surface area contributed by atoms with Gasteiger partial charge in [-0.1, -0.05) is 37.3 Å². The largest absolute Gasteiger partial charge is 0.494 e. The smallest absolute Gasteiger partial charge is 0.264 e. The van der Waals surface area contributed by atoms with E-state index in [1.165, 1.54) is 4.90 Å². The molecule has 0 fully saturated rings. The Hall–Kier alpha value is -3.92. The summed E-state index contributed by atoms with van der Waals surface area (Å²) >= 11 is 0. The Labute approximate surface area is 235 Å². The van der Waals surface area contributed by atoms with E-state index in [9.17, 15) is 22.4 Å². The van der Waals surface area contributed by atoms with Gasteiger partial charge in [0.2, 0.25) is 11.8 Å². The molecule has 0 aliphatic heterocycles. The van der Waals surface area contributed by atoms with Gasteiger partial charge in [-0.05, 0) is 81.3 Å². The van der Waals surface area contributed by atoms with Crippen LogP contribution in [0.1, 0.15) is 39.7 Å². The van der Waals surface area contributed by atoms with E-state index in [1.54, 1.807) is 31.2 Å². The van der Waals surface area contributed by atoms with Crippen molar-refractivity contribution in [1.82, 2.24) is 10.2 Å². The van der Waals surface area contributed by atoms with Crippen LogP contribution in [0.4, 0.5) is 10.1 Å². The predicted molar refractivity (Wildman–Crippen MR) is 153 cm³/mol. The van der Waals surface area contributed by atoms with Crippen molar-refractivity contribution in [3.63, 3.8) is 0 Å². The normalized spacial score (nSPS) is 12.1. The summed E-state index contributed by atoms with van der Waals surface area (Å²) in [5.41, 5.74) is 1.01. The third kappa shape index (κ3) is 7.81. The van der Waals surface area contributed by atoms with Gasteiger partial charge in [-0.2, -0.15) is 0 Å². The number of rotatable bonds is 13. The van der Waals surface area contributed by atoms with Crippen LogP contribution in [-0.2, 0) is 26.2 Å². The van der Waals surface area contributed by atoms with Gasteiger partial charge in [0.05, 0.1) is 17.2 Å². The second-order valence-corrected chi connectivity index (χ2v) is 11.3. The predicted octanol–water partition coefficient (Wildman–Crippen LogP) is 4.75. The van der Waals surface area contributed by atoms with Crippen LogP contribution in [0.2, 0.25) is 0 Å². The van der Waals surface area contributed by atoms with E-state index in [1.807, 2.05) is 51.1 Å². The van der Waals surface area contributed by atoms with Crippen LogP contribution < -0.4 is 14.4 Å². The average Bonchev–Trinajstić information content (AvgIpc) is 2.92. The van der Waals surface area contributed by atoms with E-state index in [2.05, 4.69) is 5.32 Å². The molecule has 0 aliphatic carbocycles. The van der Waals surface area contributed by atoms with Crippen molar-refractivity contribution < 1.29 is 27.1 Å². The molecule has 0 aromatic heterocycles. The molecule has 2 amide bonds. The monoisotopic (exact) mass is 569 g/mol. The molecular weight excluding hydrogens is 533 g/mol. The molecule has 0 aliphatic rings. The van der Waals surface area contributed by atoms with Crippen LogP contribution in [0, 0.1) is 5.82 Å². The number of ether oxygens (including phenoxy) is 1. The summed E-state index contributed by atoms with van der Waals surface area (Å²) < 4.78 is 47.7. The van der Waals surface area contributed by atoms with Crippen LogP contribution in [-0.4, -0.2) is 50.4 Å². The Bertz CT molecular complexity index is 1360. The highest BCUT2D eigenvalue weighted by Crippen LogP contribution is 2.27. The minimum absolute atomic E-state index is 0.109. The third-order valence-corrected chi connectivity index (χ3v) is 7.92. The van der Waals surface area contributed by atoms with Crippen molar-refractivity contribution in [2.75, 3.05) is 17.5 Å². The summed E-state index contributed by atoms with van der Waals surface area (Å²) in [5.74, 6) is -0.928. The van der Waals surface area contributed by atoms with E-state index < -0.39 is 34.3 Å². The number of hydrogen-bond donors (Lipinski definition) is 1. The summed E-state index contributed by atoms with van der Waals surface area (Å²) in [6.45, 7) is 7.26. The van der Waals surface area contributed by atoms with Gasteiger partial charge in [-0.25, -0.2) is 12.8 Å². The van der Waals surface area contributed by atoms with Gasteiger partial charge in [-0.3, -0.25) is 13.9 Å². The van der Waals surface area contributed by atoms with Crippen molar-refractivity contribution in [2.45, 2.75) is 57.6 Å². The van der Waals surface area contributed by atoms with Crippen LogP contribution in [0.15, 0.2) is 83.8 Å². The van der Waals surface area contributed by atoms with Crippen LogP contribution in [0.25, 0.3) is 0 Å². The number of sulfonamides is 1. The minimum atomic E-state index is -4.29. The first kappa shape index (κ1) is 30.6. The van der Waals surface area contributed by atoms with Gasteiger partial charge < -0.3 is 15.0 Å². The van der Waals surface area contributed by atoms with E-state index in [4.69, 9.17) is 4.74 Å². The molecule has 3 rings (SSSR count). The maximum Gasteiger partial charge on any atom is 0.264 e. The first-order valence-electron chi connectivity index (χ1n) is 13.2. The number of anilines is 1. The second kappa shape index (κ2) is 13.9. The lowest BCUT2D eigenvalue weighted by Crippen LogP contribution is -2.53. The van der Waals surface area contributed by atoms with Crippen molar-refractivity contribution >= 4 is 27.5 Å². The van der Waals surface area contributed by atoms with Crippen LogP contribution >= 0.6 is 0 Å². The van der Waals surface area contributed by atoms with Gasteiger partial charge >= 0.3 is 0 Å². The molecule has 0 saturated heterocycles. The summed E-state index contributed by atoms with van der Waals surface area (Å²) in [4.78, 5) is 28.4. The Morgan fingerprint density at radius 3 is 2.10 bits per heavy atom. The zero-order valence-electron chi connectivity index (χ0n) is 23.2. The summed E-state index contributed by atoms with van der Waals surface area (Å²) in [6.07, 6.45) is 0.324. The van der Waals surface area contributed by atoms with Crippen molar-refractivity contribution in [1.29, 1.82) is 0 Å². The number of amides is 2. The molecule has 0 heterocycles. The first-order chi connectivity index (χ1) is 19.1. The fourth-order valence-corrected chi connectivity index (χ4v) is 5.63. The Morgan fingerprint density at radius 1 is 0.925 bits per heavy atom. The summed E-state index contributed by atoms with van der Waals surface area (Å²) in [6, 6.07) is 19.0. The molecular formula is C30H36FN3O5S. The van der Waals surface area contributed by atoms with Crippen molar-refractivity contribution in [3.8, 4) is 5.75 Å². The van der Waals surface area contributed by atoms with Gasteiger partial charge in [-0.15, -0.1) is 0 Å². The standard InChI is InChI=1S/C30H36FN3O5S/c1-5-28(30(36)32-22(3)4)33(20-23-10-8-7-9-11-23)29(35)21-34(25-14-16-26(17-15-25)39-6-2)40(37,38)27-18-12-24(31)13-19-27/h7-19,22,28H,5-6,20-21H2,1-4H3,(H,32,36)/t28-/m1/s1. The zero-order valence-corrected chi connectivity index (χ0v) is 24.0. The van der Waals surface area contributed by atoms with Crippen LogP contribution in [0.3, 0.4) is 0 Å². The molecule has 0 saturated carbocycles. The minimum Gasteiger partial charge on any atom is -0.494 e. The number of hydrogen-bond acceptors (Lipinski definition) is 5. The van der Waals surface area contributed by atoms with Crippen LogP contribution in [0.5, 0.6) is 5.75 Å². The number of nitrogens with one attached hydrogen (secondary N) is 1. The van der Waals surface area contributed by atoms with Crippen molar-refractivity contribution in [2.24, 2.45) is 0 Å². The highest BCUT2D eigenvalue weighted by Gasteiger charge is 2.33. The lowest BCUT2D eigenvalue weighted by molar-refractivity contribution is -0.140. The lowest BCUT2D eigenvalue weighted by Gasteiger charge is -2.33. The van der Waals surface area contributed by atoms with E-state index in [0.29, 0.717) is 18.8 Å². The number of halogens is 1. The molecule has 0 radical (unpaired) electrons. The molecule has 10 heteroatoms. The molecule has 0 unspecified atom stereocenters. The molecule has 8 nitrogen and oxygen atoms in total. The van der Waals surface area contributed by atoms with Gasteiger partial charge in [0.15, 0.2) is 0 Å². The maximum absolute atomic E-state index is 14.0. The van der Waals surface area contributed by atoms with Gasteiger partial charge in [0.1, 0.15) is 24.2 Å². The fraction of sp³-hybridized carbons (Fsp3) is 0.333.